The van der Waals surface area contributed by atoms with Crippen LogP contribution < -0.4 is 19.9 Å². The van der Waals surface area contributed by atoms with Crippen molar-refractivity contribution in [2.75, 3.05) is 9.71 Å². The zero-order chi connectivity index (χ0) is 43.6. The molecule has 3 heterocycles. The minimum atomic E-state index is -0.248. The van der Waals surface area contributed by atoms with Crippen LogP contribution in [-0.4, -0.2) is 13.1 Å². The third kappa shape index (κ3) is 5.69. The summed E-state index contributed by atoms with van der Waals surface area (Å²) in [6.45, 7) is 31.2. The summed E-state index contributed by atoms with van der Waals surface area (Å²) in [4.78, 5) is 5.39. The number of hydrogen-bond donors (Lipinski definition) is 0. The predicted molar refractivity (Wildman–Crippen MR) is 264 cm³/mol. The van der Waals surface area contributed by atoms with Crippen molar-refractivity contribution in [2.45, 2.75) is 155 Å². The van der Waals surface area contributed by atoms with Crippen LogP contribution in [0.5, 0.6) is 5.75 Å². The molecule has 11 rings (SSSR count). The lowest BCUT2D eigenvalue weighted by Gasteiger charge is -2.50. The predicted octanol–water partition coefficient (Wildman–Crippen LogP) is 14.7. The molecule has 3 aliphatic heterocycles. The summed E-state index contributed by atoms with van der Waals surface area (Å²) in [5.41, 5.74) is 20.7. The van der Waals surface area contributed by atoms with Gasteiger partial charge < -0.3 is 14.4 Å². The highest BCUT2D eigenvalue weighted by Gasteiger charge is 2.58. The molecule has 0 N–H and O–H groups in total. The van der Waals surface area contributed by atoms with Crippen LogP contribution in [0.3, 0.4) is 0 Å². The van der Waals surface area contributed by atoms with Crippen LogP contribution in [0.25, 0.3) is 21.9 Å². The molecule has 2 aliphatic carbocycles. The van der Waals surface area contributed by atoms with E-state index in [1.807, 2.05) is 0 Å². The average molecular weight is 817 g/mol. The number of rotatable bonds is 2. The summed E-state index contributed by atoms with van der Waals surface area (Å²) in [6, 6.07) is 38.6. The van der Waals surface area contributed by atoms with Crippen molar-refractivity contribution < 1.29 is 4.74 Å². The van der Waals surface area contributed by atoms with Crippen molar-refractivity contribution in [3.8, 4) is 16.9 Å². The number of anilines is 4. The molecule has 0 bridgehead atoms. The van der Waals surface area contributed by atoms with E-state index in [2.05, 4.69) is 197 Å². The number of benzene rings is 6. The standard InChI is InChI=1S/C58H65BN2O/c1-34-26-41-40-29-36-16-14-15-17-37(36)30-48(40)61(39-20-18-38(19-21-39)54(3,4)5)59-51(41)49(27-34)60(47-32-45-43(28-35(47)2)55(6,7)22-24-57(45,10)11)53-52(59)42-31-44-46(33-50(42)62-53)58(12,13)25-23-56(44,8)9/h14-21,26-33,52-53H,22-25H2,1-13H3. The molecule has 4 heteroatoms. The maximum atomic E-state index is 7.70. The summed E-state index contributed by atoms with van der Waals surface area (Å²) in [7, 11) is 0. The maximum absolute atomic E-state index is 7.70. The van der Waals surface area contributed by atoms with Crippen molar-refractivity contribution >= 4 is 45.8 Å². The topological polar surface area (TPSA) is 15.7 Å². The van der Waals surface area contributed by atoms with Gasteiger partial charge in [0.15, 0.2) is 6.23 Å². The molecule has 0 spiro atoms. The van der Waals surface area contributed by atoms with Gasteiger partial charge in [0.1, 0.15) is 5.75 Å². The first-order valence-electron chi connectivity index (χ1n) is 23.5. The van der Waals surface area contributed by atoms with Gasteiger partial charge in [-0.15, -0.1) is 0 Å². The van der Waals surface area contributed by atoms with Gasteiger partial charge in [-0.25, -0.2) is 0 Å². The van der Waals surface area contributed by atoms with Gasteiger partial charge in [0.25, 0.3) is 0 Å². The van der Waals surface area contributed by atoms with Crippen LogP contribution in [0.4, 0.5) is 22.7 Å². The van der Waals surface area contributed by atoms with Crippen molar-refractivity contribution in [3.05, 3.63) is 142 Å². The Hall–Kier alpha value is -4.96. The Morgan fingerprint density at radius 1 is 0.581 bits per heavy atom. The first kappa shape index (κ1) is 39.9. The Bertz CT molecular complexity index is 2870. The molecule has 0 saturated heterocycles. The van der Waals surface area contributed by atoms with E-state index in [0.717, 1.165) is 5.75 Å². The summed E-state index contributed by atoms with van der Waals surface area (Å²) < 4.78 is 7.70. The molecule has 0 fully saturated rings. The number of aryl methyl sites for hydroxylation is 2. The number of hydrogen-bond acceptors (Lipinski definition) is 3. The molecule has 5 aliphatic rings. The van der Waals surface area contributed by atoms with E-state index in [1.54, 1.807) is 0 Å². The Kier molecular flexibility index (Phi) is 8.25. The minimum absolute atomic E-state index is 0.0108. The normalized spacial score (nSPS) is 21.9. The molecule has 2 unspecified atom stereocenters. The highest BCUT2D eigenvalue weighted by molar-refractivity contribution is 6.83. The van der Waals surface area contributed by atoms with Gasteiger partial charge in [-0.05, 0) is 175 Å². The lowest BCUT2D eigenvalue weighted by molar-refractivity contribution is 0.230. The van der Waals surface area contributed by atoms with E-state index in [4.69, 9.17) is 4.74 Å². The molecule has 0 radical (unpaired) electrons. The molecule has 0 saturated carbocycles. The Balaban J connectivity index is 1.25. The monoisotopic (exact) mass is 817 g/mol. The number of fused-ring (bicyclic) bond motifs is 9. The summed E-state index contributed by atoms with van der Waals surface area (Å²) in [5, 5.41) is 2.54. The van der Waals surface area contributed by atoms with Gasteiger partial charge in [-0.3, -0.25) is 0 Å². The molecular formula is C58H65BN2O. The fourth-order valence-electron chi connectivity index (χ4n) is 12.4. The van der Waals surface area contributed by atoms with E-state index in [9.17, 15) is 0 Å². The molecule has 6 aromatic carbocycles. The maximum Gasteiger partial charge on any atom is 0.310 e. The van der Waals surface area contributed by atoms with E-state index in [0.29, 0.717) is 0 Å². The Morgan fingerprint density at radius 3 is 1.76 bits per heavy atom. The van der Waals surface area contributed by atoms with Crippen LogP contribution in [-0.2, 0) is 27.1 Å². The van der Waals surface area contributed by atoms with E-state index in [-0.39, 0.29) is 46.0 Å². The summed E-state index contributed by atoms with van der Waals surface area (Å²) in [5.74, 6) is 1.08. The van der Waals surface area contributed by atoms with Crippen molar-refractivity contribution in [1.29, 1.82) is 0 Å². The molecular weight excluding hydrogens is 751 g/mol. The lowest BCUT2D eigenvalue weighted by atomic mass is 9.38. The van der Waals surface area contributed by atoms with E-state index >= 15 is 0 Å². The number of nitrogens with zero attached hydrogens (tertiary/aromatic N) is 2. The SMILES string of the molecule is Cc1cc2c3c(c1)N(c1cc4c(cc1C)C(C)(C)CCC4(C)C)C1Oc4cc5c(cc4C1B3N(c1ccc(C(C)(C)C)cc1)c1cc3ccccc3cc1-2)C(C)(C)CCC5(C)C. The largest absolute Gasteiger partial charge is 0.470 e. The number of ether oxygens (including phenoxy) is 1. The average Bonchev–Trinajstić information content (AvgIpc) is 3.58. The minimum Gasteiger partial charge on any atom is -0.470 e. The molecule has 316 valence electrons. The first-order chi connectivity index (χ1) is 29.1. The van der Waals surface area contributed by atoms with Gasteiger partial charge in [-0.1, -0.05) is 131 Å². The summed E-state index contributed by atoms with van der Waals surface area (Å²) >= 11 is 0. The Labute approximate surface area is 372 Å². The van der Waals surface area contributed by atoms with E-state index in [1.165, 1.54) is 120 Å². The highest BCUT2D eigenvalue weighted by atomic mass is 16.5. The summed E-state index contributed by atoms with van der Waals surface area (Å²) in [6.07, 6.45) is 4.47. The highest BCUT2D eigenvalue weighted by Crippen LogP contribution is 2.58. The zero-order valence-corrected chi connectivity index (χ0v) is 39.6. The van der Waals surface area contributed by atoms with Crippen molar-refractivity contribution in [2.24, 2.45) is 0 Å². The molecule has 3 nitrogen and oxygen atoms in total. The molecule has 0 aromatic heterocycles. The first-order valence-corrected chi connectivity index (χ1v) is 23.5. The third-order valence-electron chi connectivity index (χ3n) is 16.5. The van der Waals surface area contributed by atoms with E-state index < -0.39 is 0 Å². The van der Waals surface area contributed by atoms with Gasteiger partial charge in [0, 0.05) is 34.1 Å². The Morgan fingerprint density at radius 2 is 1.15 bits per heavy atom. The fourth-order valence-corrected chi connectivity index (χ4v) is 12.4. The third-order valence-corrected chi connectivity index (χ3v) is 16.5. The van der Waals surface area contributed by atoms with Crippen LogP contribution in [0, 0.1) is 13.8 Å². The van der Waals surface area contributed by atoms with Crippen LogP contribution in [0.15, 0.2) is 97.1 Å². The molecule has 6 aromatic rings. The second kappa shape index (κ2) is 12.8. The van der Waals surface area contributed by atoms with Gasteiger partial charge in [0.05, 0.1) is 0 Å². The second-order valence-electron chi connectivity index (χ2n) is 23.6. The van der Waals surface area contributed by atoms with Gasteiger partial charge >= 0.3 is 6.85 Å². The lowest BCUT2D eigenvalue weighted by Crippen LogP contribution is -2.63. The second-order valence-corrected chi connectivity index (χ2v) is 23.6. The zero-order valence-electron chi connectivity index (χ0n) is 39.6. The molecule has 0 amide bonds. The fraction of sp³-hybridized carbons (Fsp3) is 0.414. The van der Waals surface area contributed by atoms with Crippen LogP contribution in [0.2, 0.25) is 0 Å². The van der Waals surface area contributed by atoms with Crippen LogP contribution in [0.1, 0.15) is 152 Å². The smallest absolute Gasteiger partial charge is 0.310 e. The van der Waals surface area contributed by atoms with Gasteiger partial charge in [-0.2, -0.15) is 0 Å². The van der Waals surface area contributed by atoms with Gasteiger partial charge in [0.2, 0.25) is 0 Å². The molecule has 62 heavy (non-hydrogen) atoms. The molecule has 2 atom stereocenters. The van der Waals surface area contributed by atoms with Crippen molar-refractivity contribution in [1.82, 2.24) is 0 Å². The van der Waals surface area contributed by atoms with Crippen molar-refractivity contribution in [3.63, 3.8) is 0 Å². The quantitative estimate of drug-likeness (QED) is 0.162. The van der Waals surface area contributed by atoms with Crippen LogP contribution >= 0.6 is 0 Å².